The first-order chi connectivity index (χ1) is 9.61. The van der Waals surface area contributed by atoms with Gasteiger partial charge < -0.3 is 35.4 Å². The fourth-order valence-electron chi connectivity index (χ4n) is 1.49. The number of carbonyl (C=O) groups excluding carboxylic acids is 2. The molecule has 0 rings (SSSR count). The normalized spacial score (nSPS) is 18.2. The second kappa shape index (κ2) is 8.64. The summed E-state index contributed by atoms with van der Waals surface area (Å²) in [5.74, 6) is -4.21. The summed E-state index contributed by atoms with van der Waals surface area (Å²) in [7, 11) is 0. The Hall–Kier alpha value is -1.59. The molecule has 0 aliphatic rings. The van der Waals surface area contributed by atoms with E-state index in [9.17, 15) is 34.8 Å². The van der Waals surface area contributed by atoms with Crippen molar-refractivity contribution >= 4 is 17.7 Å². The molecule has 0 saturated carbocycles. The second-order valence-electron chi connectivity index (χ2n) is 4.30. The quantitative estimate of drug-likeness (QED) is 0.184. The van der Waals surface area contributed by atoms with Crippen LogP contribution in [-0.4, -0.2) is 85.5 Å². The molecular weight excluding hydrogens is 292 g/mol. The van der Waals surface area contributed by atoms with E-state index in [1.807, 2.05) is 0 Å². The molecule has 0 saturated heterocycles. The molecule has 0 fully saturated rings. The molecule has 0 aromatic heterocycles. The molecule has 0 aromatic carbocycles. The molecule has 0 aliphatic carbocycles. The summed E-state index contributed by atoms with van der Waals surface area (Å²) >= 11 is 0. The molecule has 0 radical (unpaired) electrons. The first-order valence-corrected chi connectivity index (χ1v) is 5.88. The van der Waals surface area contributed by atoms with Crippen molar-refractivity contribution in [3.63, 3.8) is 0 Å². The average molecular weight is 310 g/mol. The number of aliphatic carboxylic acids is 1. The van der Waals surface area contributed by atoms with Gasteiger partial charge in [0.2, 0.25) is 5.78 Å². The standard InChI is InChI=1S/C11H18O10/c1-4(13)21-10(5(14)2-6(15)11(19)20)9(18)8(17)7(16)3-12/h5,7-10,12,14,16-18H,2-3H2,1H3,(H,19,20). The van der Waals surface area contributed by atoms with E-state index < -0.39 is 61.3 Å². The van der Waals surface area contributed by atoms with Crippen molar-refractivity contribution < 1.29 is 49.8 Å². The number of carbonyl (C=O) groups is 3. The van der Waals surface area contributed by atoms with Crippen LogP contribution in [0.5, 0.6) is 0 Å². The van der Waals surface area contributed by atoms with E-state index in [2.05, 4.69) is 4.74 Å². The van der Waals surface area contributed by atoms with Crippen molar-refractivity contribution in [3.8, 4) is 0 Å². The number of aliphatic hydroxyl groups is 5. The minimum Gasteiger partial charge on any atom is -0.475 e. The monoisotopic (exact) mass is 310 g/mol. The van der Waals surface area contributed by atoms with Gasteiger partial charge in [-0.3, -0.25) is 9.59 Å². The molecule has 10 nitrogen and oxygen atoms in total. The predicted octanol–water partition coefficient (Wildman–Crippen LogP) is -3.60. The Bertz CT molecular complexity index is 381. The van der Waals surface area contributed by atoms with E-state index in [1.165, 1.54) is 0 Å². The van der Waals surface area contributed by atoms with Gasteiger partial charge in [-0.2, -0.15) is 0 Å². The fourth-order valence-corrected chi connectivity index (χ4v) is 1.49. The van der Waals surface area contributed by atoms with E-state index in [0.29, 0.717) is 0 Å². The molecule has 0 amide bonds. The number of hydrogen-bond donors (Lipinski definition) is 6. The Balaban J connectivity index is 5.04. The van der Waals surface area contributed by atoms with E-state index in [-0.39, 0.29) is 0 Å². The van der Waals surface area contributed by atoms with Gasteiger partial charge in [0.25, 0.3) is 0 Å². The van der Waals surface area contributed by atoms with E-state index in [4.69, 9.17) is 10.2 Å². The zero-order valence-corrected chi connectivity index (χ0v) is 11.1. The van der Waals surface area contributed by atoms with Crippen LogP contribution < -0.4 is 0 Å². The minimum absolute atomic E-state index is 0.917. The van der Waals surface area contributed by atoms with Crippen LogP contribution in [0.25, 0.3) is 0 Å². The minimum atomic E-state index is -2.05. The molecule has 6 N–H and O–H groups in total. The number of carboxylic acids is 1. The zero-order chi connectivity index (χ0) is 16.7. The topological polar surface area (TPSA) is 182 Å². The third-order valence-electron chi connectivity index (χ3n) is 2.58. The third kappa shape index (κ3) is 6.14. The lowest BCUT2D eigenvalue weighted by molar-refractivity contribution is -0.180. The predicted molar refractivity (Wildman–Crippen MR) is 63.9 cm³/mol. The van der Waals surface area contributed by atoms with Crippen molar-refractivity contribution in [2.45, 2.75) is 43.9 Å². The summed E-state index contributed by atoms with van der Waals surface area (Å²) in [4.78, 5) is 32.3. The molecule has 5 unspecified atom stereocenters. The molecule has 122 valence electrons. The smallest absolute Gasteiger partial charge is 0.372 e. The first-order valence-electron chi connectivity index (χ1n) is 5.88. The van der Waals surface area contributed by atoms with Crippen LogP contribution in [0, 0.1) is 0 Å². The maximum Gasteiger partial charge on any atom is 0.372 e. The maximum absolute atomic E-state index is 11.0. The largest absolute Gasteiger partial charge is 0.475 e. The number of Topliss-reactive ketones (excluding diaryl/α,β-unsaturated/α-hetero) is 1. The van der Waals surface area contributed by atoms with Crippen LogP contribution in [0.3, 0.4) is 0 Å². The number of esters is 1. The van der Waals surface area contributed by atoms with Crippen molar-refractivity contribution in [2.24, 2.45) is 0 Å². The first kappa shape index (κ1) is 19.4. The summed E-state index contributed by atoms with van der Waals surface area (Å²) in [6.45, 7) is -0.00448. The van der Waals surface area contributed by atoms with Gasteiger partial charge >= 0.3 is 11.9 Å². The van der Waals surface area contributed by atoms with E-state index in [0.717, 1.165) is 6.92 Å². The summed E-state index contributed by atoms with van der Waals surface area (Å²) in [6, 6.07) is 0. The summed E-state index contributed by atoms with van der Waals surface area (Å²) in [5, 5.41) is 55.2. The molecule has 0 spiro atoms. The molecular formula is C11H18O10. The molecule has 0 heterocycles. The van der Waals surface area contributed by atoms with Gasteiger partial charge in [0.1, 0.15) is 24.4 Å². The zero-order valence-electron chi connectivity index (χ0n) is 11.1. The van der Waals surface area contributed by atoms with Gasteiger partial charge in [0, 0.05) is 13.3 Å². The van der Waals surface area contributed by atoms with Crippen molar-refractivity contribution in [2.75, 3.05) is 6.61 Å². The maximum atomic E-state index is 11.0. The highest BCUT2D eigenvalue weighted by atomic mass is 16.6. The molecule has 0 bridgehead atoms. The molecule has 5 atom stereocenters. The summed E-state index contributed by atoms with van der Waals surface area (Å²) in [6.07, 6.45) is -10.6. The number of rotatable bonds is 9. The third-order valence-corrected chi connectivity index (χ3v) is 2.58. The van der Waals surface area contributed by atoms with Crippen LogP contribution in [0.2, 0.25) is 0 Å². The van der Waals surface area contributed by atoms with Gasteiger partial charge in [0.15, 0.2) is 6.10 Å². The number of carboxylic acid groups (broad SMARTS) is 1. The SMILES string of the molecule is CC(=O)OC(C(O)CC(=O)C(=O)O)C(O)C(O)C(O)CO. The number of aliphatic hydroxyl groups excluding tert-OH is 5. The lowest BCUT2D eigenvalue weighted by Crippen LogP contribution is -2.52. The van der Waals surface area contributed by atoms with Crippen LogP contribution >= 0.6 is 0 Å². The average Bonchev–Trinajstić information content (AvgIpc) is 2.41. The summed E-state index contributed by atoms with van der Waals surface area (Å²) < 4.78 is 4.53. The molecule has 10 heteroatoms. The van der Waals surface area contributed by atoms with Crippen LogP contribution in [0.1, 0.15) is 13.3 Å². The van der Waals surface area contributed by atoms with Crippen LogP contribution in [-0.2, 0) is 19.1 Å². The number of hydrogen-bond acceptors (Lipinski definition) is 9. The Morgan fingerprint density at radius 1 is 1.00 bits per heavy atom. The van der Waals surface area contributed by atoms with Crippen molar-refractivity contribution in [1.82, 2.24) is 0 Å². The second-order valence-corrected chi connectivity index (χ2v) is 4.30. The van der Waals surface area contributed by atoms with Crippen molar-refractivity contribution in [1.29, 1.82) is 0 Å². The Labute approximate surface area is 119 Å². The Morgan fingerprint density at radius 3 is 1.90 bits per heavy atom. The summed E-state index contributed by atoms with van der Waals surface area (Å²) in [5.41, 5.74) is 0. The van der Waals surface area contributed by atoms with Gasteiger partial charge in [-0.15, -0.1) is 0 Å². The highest BCUT2D eigenvalue weighted by molar-refractivity contribution is 6.32. The number of ketones is 1. The molecule has 0 aromatic rings. The highest BCUT2D eigenvalue weighted by Crippen LogP contribution is 2.15. The van der Waals surface area contributed by atoms with Crippen molar-refractivity contribution in [3.05, 3.63) is 0 Å². The van der Waals surface area contributed by atoms with E-state index >= 15 is 0 Å². The van der Waals surface area contributed by atoms with Gasteiger partial charge in [-0.25, -0.2) is 4.79 Å². The molecule has 0 aliphatic heterocycles. The van der Waals surface area contributed by atoms with Gasteiger partial charge in [-0.1, -0.05) is 0 Å². The lowest BCUT2D eigenvalue weighted by Gasteiger charge is -2.30. The van der Waals surface area contributed by atoms with Gasteiger partial charge in [0.05, 0.1) is 6.61 Å². The van der Waals surface area contributed by atoms with Crippen LogP contribution in [0.4, 0.5) is 0 Å². The number of ether oxygens (including phenoxy) is 1. The van der Waals surface area contributed by atoms with Gasteiger partial charge in [-0.05, 0) is 0 Å². The molecule has 21 heavy (non-hydrogen) atoms. The Morgan fingerprint density at radius 2 is 1.52 bits per heavy atom. The lowest BCUT2D eigenvalue weighted by atomic mass is 9.96. The Kier molecular flexibility index (Phi) is 7.99. The van der Waals surface area contributed by atoms with Crippen LogP contribution in [0.15, 0.2) is 0 Å². The highest BCUT2D eigenvalue weighted by Gasteiger charge is 2.39. The fraction of sp³-hybridized carbons (Fsp3) is 0.727. The van der Waals surface area contributed by atoms with E-state index in [1.54, 1.807) is 0 Å².